The summed E-state index contributed by atoms with van der Waals surface area (Å²) in [6.45, 7) is 3.93. The van der Waals surface area contributed by atoms with Crippen LogP contribution in [-0.2, 0) is 9.59 Å². The Labute approximate surface area is 176 Å². The lowest BCUT2D eigenvalue weighted by Gasteiger charge is -2.32. The van der Waals surface area contributed by atoms with E-state index in [1.54, 1.807) is 29.2 Å². The molecule has 1 heterocycles. The highest BCUT2D eigenvalue weighted by Gasteiger charge is 2.49. The Morgan fingerprint density at radius 2 is 1.87 bits per heavy atom. The van der Waals surface area contributed by atoms with E-state index >= 15 is 0 Å². The molecule has 1 aliphatic heterocycles. The molecule has 1 aliphatic carbocycles. The predicted octanol–water partition coefficient (Wildman–Crippen LogP) is 3.72. The number of hydrogen-bond acceptors (Lipinski definition) is 4. The molecule has 0 unspecified atom stereocenters. The maximum atomic E-state index is 13.3. The van der Waals surface area contributed by atoms with E-state index in [1.807, 2.05) is 32.0 Å². The van der Waals surface area contributed by atoms with E-state index in [2.05, 4.69) is 11.4 Å². The van der Waals surface area contributed by atoms with E-state index in [1.165, 1.54) is 0 Å². The second kappa shape index (κ2) is 7.75. The minimum Gasteiger partial charge on any atom is -0.324 e. The van der Waals surface area contributed by atoms with Gasteiger partial charge in [0.2, 0.25) is 5.91 Å². The monoisotopic (exact) mass is 400 g/mol. The molecule has 2 amide bonds. The Balaban J connectivity index is 1.57. The van der Waals surface area contributed by atoms with Crippen LogP contribution in [0.1, 0.15) is 47.9 Å². The van der Waals surface area contributed by atoms with Crippen molar-refractivity contribution in [2.45, 2.75) is 45.2 Å². The molecule has 0 atom stereocenters. The van der Waals surface area contributed by atoms with Crippen molar-refractivity contribution >= 4 is 23.2 Å². The molecule has 1 spiro atoms. The fourth-order valence-electron chi connectivity index (χ4n) is 4.35. The lowest BCUT2D eigenvalue weighted by atomic mass is 10.1. The second-order valence-electron chi connectivity index (χ2n) is 8.10. The van der Waals surface area contributed by atoms with E-state index in [9.17, 15) is 9.59 Å². The molecule has 2 aliphatic rings. The molecule has 6 heteroatoms. The van der Waals surface area contributed by atoms with Gasteiger partial charge in [0.1, 0.15) is 17.9 Å². The second-order valence-corrected chi connectivity index (χ2v) is 8.10. The average Bonchev–Trinajstić information content (AvgIpc) is 3.31. The van der Waals surface area contributed by atoms with Crippen LogP contribution in [0, 0.1) is 25.2 Å². The summed E-state index contributed by atoms with van der Waals surface area (Å²) in [5, 5.41) is 12.0. The standard InChI is InChI=1S/C24H24N4O2/c1-16-5-10-20(17(2)13-16)26-21(29)15-28-23(30)22(27-24(28)11-3-4-12-24)19-8-6-18(14-25)7-9-19/h5-10,13H,3-4,11-12,15H2,1-2H3,(H,26,29). The number of rotatable bonds is 4. The Morgan fingerprint density at radius 1 is 1.17 bits per heavy atom. The number of aryl methyl sites for hydroxylation is 2. The van der Waals surface area contributed by atoms with Gasteiger partial charge < -0.3 is 10.2 Å². The smallest absolute Gasteiger partial charge is 0.275 e. The number of anilines is 1. The first kappa shape index (κ1) is 19.8. The summed E-state index contributed by atoms with van der Waals surface area (Å²) in [4.78, 5) is 32.6. The lowest BCUT2D eigenvalue weighted by Crippen LogP contribution is -2.48. The van der Waals surface area contributed by atoms with Gasteiger partial charge in [-0.3, -0.25) is 14.6 Å². The zero-order valence-electron chi connectivity index (χ0n) is 17.2. The van der Waals surface area contributed by atoms with E-state index in [0.29, 0.717) is 16.8 Å². The van der Waals surface area contributed by atoms with E-state index in [-0.39, 0.29) is 18.4 Å². The fourth-order valence-corrected chi connectivity index (χ4v) is 4.35. The summed E-state index contributed by atoms with van der Waals surface area (Å²) in [7, 11) is 0. The summed E-state index contributed by atoms with van der Waals surface area (Å²) in [5.41, 5.74) is 3.83. The number of carbonyl (C=O) groups is 2. The van der Waals surface area contributed by atoms with Crippen molar-refractivity contribution in [2.24, 2.45) is 4.99 Å². The molecule has 6 nitrogen and oxygen atoms in total. The van der Waals surface area contributed by atoms with Crippen LogP contribution >= 0.6 is 0 Å². The molecule has 30 heavy (non-hydrogen) atoms. The number of carbonyl (C=O) groups excluding carboxylic acids is 2. The van der Waals surface area contributed by atoms with Crippen LogP contribution in [0.15, 0.2) is 47.5 Å². The first-order chi connectivity index (χ1) is 14.4. The van der Waals surface area contributed by atoms with Crippen LogP contribution in [0.2, 0.25) is 0 Å². The average molecular weight is 400 g/mol. The number of aliphatic imine (C=N–C) groups is 1. The molecule has 0 saturated heterocycles. The quantitative estimate of drug-likeness (QED) is 0.849. The topological polar surface area (TPSA) is 85.6 Å². The van der Waals surface area contributed by atoms with E-state index in [0.717, 1.165) is 42.5 Å². The fraction of sp³-hybridized carbons (Fsp3) is 0.333. The summed E-state index contributed by atoms with van der Waals surface area (Å²) in [6.07, 6.45) is 3.48. The van der Waals surface area contributed by atoms with Gasteiger partial charge in [0, 0.05) is 11.3 Å². The highest BCUT2D eigenvalue weighted by Crippen LogP contribution is 2.41. The van der Waals surface area contributed by atoms with Crippen molar-refractivity contribution in [3.8, 4) is 6.07 Å². The molecule has 0 radical (unpaired) electrons. The van der Waals surface area contributed by atoms with Gasteiger partial charge in [-0.05, 0) is 63.3 Å². The molecule has 2 aromatic carbocycles. The first-order valence-electron chi connectivity index (χ1n) is 10.2. The van der Waals surface area contributed by atoms with Gasteiger partial charge in [-0.2, -0.15) is 5.26 Å². The minimum absolute atomic E-state index is 0.0323. The molecule has 152 valence electrons. The zero-order chi connectivity index (χ0) is 21.3. The van der Waals surface area contributed by atoms with Crippen LogP contribution in [0.25, 0.3) is 0 Å². The van der Waals surface area contributed by atoms with Gasteiger partial charge in [0.15, 0.2) is 0 Å². The molecule has 4 rings (SSSR count). The molecular weight excluding hydrogens is 376 g/mol. The van der Waals surface area contributed by atoms with Crippen LogP contribution in [0.4, 0.5) is 5.69 Å². The highest BCUT2D eigenvalue weighted by molar-refractivity contribution is 6.47. The van der Waals surface area contributed by atoms with Gasteiger partial charge in [-0.25, -0.2) is 0 Å². The SMILES string of the molecule is Cc1ccc(NC(=O)CN2C(=O)C(c3ccc(C#N)cc3)=NC23CCCC3)c(C)c1. The van der Waals surface area contributed by atoms with Crippen LogP contribution in [-0.4, -0.2) is 34.6 Å². The maximum absolute atomic E-state index is 13.3. The summed E-state index contributed by atoms with van der Waals surface area (Å²) in [5.74, 6) is -0.449. The molecule has 2 aromatic rings. The number of hydrogen-bond donors (Lipinski definition) is 1. The Kier molecular flexibility index (Phi) is 5.13. The third-order valence-corrected chi connectivity index (χ3v) is 5.92. The van der Waals surface area contributed by atoms with Crippen molar-refractivity contribution in [3.05, 3.63) is 64.7 Å². The summed E-state index contributed by atoms with van der Waals surface area (Å²) in [6, 6.07) is 14.8. The van der Waals surface area contributed by atoms with Gasteiger partial charge in [0.25, 0.3) is 5.91 Å². The summed E-state index contributed by atoms with van der Waals surface area (Å²) < 4.78 is 0. The minimum atomic E-state index is -0.639. The van der Waals surface area contributed by atoms with E-state index in [4.69, 9.17) is 10.3 Å². The van der Waals surface area contributed by atoms with Crippen LogP contribution in [0.3, 0.4) is 0 Å². The molecule has 1 N–H and O–H groups in total. The number of nitriles is 1. The van der Waals surface area contributed by atoms with Crippen molar-refractivity contribution in [2.75, 3.05) is 11.9 Å². The Bertz CT molecular complexity index is 1070. The Hall–Kier alpha value is -3.46. The number of amides is 2. The van der Waals surface area contributed by atoms with Crippen molar-refractivity contribution < 1.29 is 9.59 Å². The number of nitrogens with one attached hydrogen (secondary N) is 1. The van der Waals surface area contributed by atoms with Gasteiger partial charge in [0.05, 0.1) is 11.6 Å². The third kappa shape index (κ3) is 3.59. The lowest BCUT2D eigenvalue weighted by molar-refractivity contribution is -0.132. The predicted molar refractivity (Wildman–Crippen MR) is 115 cm³/mol. The first-order valence-corrected chi connectivity index (χ1v) is 10.2. The Morgan fingerprint density at radius 3 is 2.50 bits per heavy atom. The van der Waals surface area contributed by atoms with Crippen LogP contribution < -0.4 is 5.32 Å². The normalized spacial score (nSPS) is 17.2. The molecular formula is C24H24N4O2. The van der Waals surface area contributed by atoms with Crippen molar-refractivity contribution in [1.29, 1.82) is 5.26 Å². The van der Waals surface area contributed by atoms with Crippen LogP contribution in [0.5, 0.6) is 0 Å². The number of nitrogens with zero attached hydrogens (tertiary/aromatic N) is 3. The van der Waals surface area contributed by atoms with E-state index < -0.39 is 5.66 Å². The van der Waals surface area contributed by atoms with Crippen molar-refractivity contribution in [1.82, 2.24) is 4.90 Å². The molecule has 1 saturated carbocycles. The maximum Gasteiger partial charge on any atom is 0.275 e. The molecule has 0 bridgehead atoms. The summed E-state index contributed by atoms with van der Waals surface area (Å²) >= 11 is 0. The molecule has 1 fully saturated rings. The van der Waals surface area contributed by atoms with Gasteiger partial charge in [-0.15, -0.1) is 0 Å². The van der Waals surface area contributed by atoms with Gasteiger partial charge in [-0.1, -0.05) is 29.8 Å². The third-order valence-electron chi connectivity index (χ3n) is 5.92. The largest absolute Gasteiger partial charge is 0.324 e. The van der Waals surface area contributed by atoms with Gasteiger partial charge >= 0.3 is 0 Å². The van der Waals surface area contributed by atoms with Crippen molar-refractivity contribution in [3.63, 3.8) is 0 Å². The zero-order valence-corrected chi connectivity index (χ0v) is 17.2. The molecule has 0 aromatic heterocycles. The number of benzene rings is 2. The highest BCUT2D eigenvalue weighted by atomic mass is 16.2.